The molecule has 2 rings (SSSR count). The van der Waals surface area contributed by atoms with Gasteiger partial charge < -0.3 is 10.2 Å². The van der Waals surface area contributed by atoms with Crippen LogP contribution in [0.5, 0.6) is 0 Å². The number of thiophene rings is 1. The second-order valence-electron chi connectivity index (χ2n) is 3.91. The van der Waals surface area contributed by atoms with Gasteiger partial charge in [-0.25, -0.2) is 0 Å². The van der Waals surface area contributed by atoms with Crippen molar-refractivity contribution in [2.24, 2.45) is 0 Å². The molecule has 2 heterocycles. The van der Waals surface area contributed by atoms with Gasteiger partial charge >= 0.3 is 0 Å². The minimum absolute atomic E-state index is 0.00449. The SMILES string of the molecule is CNc1cnccc1C(=O)N(C)Cc1cccs1. The van der Waals surface area contributed by atoms with Crippen LogP contribution in [0.4, 0.5) is 5.69 Å². The first kappa shape index (κ1) is 12.6. The van der Waals surface area contributed by atoms with Crippen LogP contribution >= 0.6 is 11.3 Å². The highest BCUT2D eigenvalue weighted by Gasteiger charge is 2.15. The van der Waals surface area contributed by atoms with E-state index in [1.807, 2.05) is 24.6 Å². The van der Waals surface area contributed by atoms with Crippen molar-refractivity contribution in [1.29, 1.82) is 0 Å². The average Bonchev–Trinajstić information content (AvgIpc) is 2.90. The van der Waals surface area contributed by atoms with Crippen LogP contribution in [0.1, 0.15) is 15.2 Å². The summed E-state index contributed by atoms with van der Waals surface area (Å²) in [5.41, 5.74) is 1.40. The molecule has 0 fully saturated rings. The summed E-state index contributed by atoms with van der Waals surface area (Å²) in [6, 6.07) is 5.75. The summed E-state index contributed by atoms with van der Waals surface area (Å²) in [6.07, 6.45) is 3.29. The van der Waals surface area contributed by atoms with Crippen LogP contribution in [-0.2, 0) is 6.54 Å². The highest BCUT2D eigenvalue weighted by molar-refractivity contribution is 7.09. The molecular weight excluding hydrogens is 246 g/mol. The Bertz CT molecular complexity index is 525. The van der Waals surface area contributed by atoms with Crippen molar-refractivity contribution < 1.29 is 4.79 Å². The highest BCUT2D eigenvalue weighted by Crippen LogP contribution is 2.17. The second-order valence-corrected chi connectivity index (χ2v) is 4.94. The van der Waals surface area contributed by atoms with Crippen molar-refractivity contribution in [1.82, 2.24) is 9.88 Å². The quantitative estimate of drug-likeness (QED) is 0.919. The molecule has 2 aromatic rings. The first-order valence-electron chi connectivity index (χ1n) is 5.62. The lowest BCUT2D eigenvalue weighted by atomic mass is 10.2. The maximum atomic E-state index is 12.3. The molecule has 0 atom stereocenters. The molecule has 0 bridgehead atoms. The summed E-state index contributed by atoms with van der Waals surface area (Å²) in [7, 11) is 3.59. The number of carbonyl (C=O) groups is 1. The van der Waals surface area contributed by atoms with Crippen LogP contribution in [0.25, 0.3) is 0 Å². The lowest BCUT2D eigenvalue weighted by Gasteiger charge is -2.17. The fraction of sp³-hybridized carbons (Fsp3) is 0.231. The normalized spacial score (nSPS) is 10.1. The molecule has 1 N–H and O–H groups in total. The number of rotatable bonds is 4. The molecule has 1 amide bonds. The van der Waals surface area contributed by atoms with E-state index >= 15 is 0 Å². The van der Waals surface area contributed by atoms with Crippen LogP contribution in [0, 0.1) is 0 Å². The summed E-state index contributed by atoms with van der Waals surface area (Å²) >= 11 is 1.65. The Morgan fingerprint density at radius 1 is 1.50 bits per heavy atom. The van der Waals surface area contributed by atoms with Gasteiger partial charge in [-0.1, -0.05) is 6.07 Å². The second kappa shape index (κ2) is 5.64. The van der Waals surface area contributed by atoms with Crippen LogP contribution in [0.15, 0.2) is 36.0 Å². The number of amides is 1. The van der Waals surface area contributed by atoms with E-state index in [1.165, 1.54) is 4.88 Å². The summed E-state index contributed by atoms with van der Waals surface area (Å²) in [5.74, 6) is -0.00449. The number of hydrogen-bond acceptors (Lipinski definition) is 4. The standard InChI is InChI=1S/C13H15N3OS/c1-14-12-8-15-6-5-11(12)13(17)16(2)9-10-4-3-7-18-10/h3-8,14H,9H2,1-2H3. The van der Waals surface area contributed by atoms with E-state index in [-0.39, 0.29) is 5.91 Å². The summed E-state index contributed by atoms with van der Waals surface area (Å²) < 4.78 is 0. The van der Waals surface area contributed by atoms with Crippen LogP contribution in [0.2, 0.25) is 0 Å². The van der Waals surface area contributed by atoms with Gasteiger partial charge in [0.2, 0.25) is 0 Å². The van der Waals surface area contributed by atoms with Crippen molar-refractivity contribution in [3.8, 4) is 0 Å². The van der Waals surface area contributed by atoms with Gasteiger partial charge in [0.1, 0.15) is 0 Å². The van der Waals surface area contributed by atoms with Crippen molar-refractivity contribution in [3.05, 3.63) is 46.4 Å². The van der Waals surface area contributed by atoms with Gasteiger partial charge in [-0.3, -0.25) is 9.78 Å². The molecular formula is C13H15N3OS. The molecule has 0 spiro atoms. The van der Waals surface area contributed by atoms with E-state index in [0.29, 0.717) is 12.1 Å². The van der Waals surface area contributed by atoms with Crippen LogP contribution < -0.4 is 5.32 Å². The van der Waals surface area contributed by atoms with E-state index in [2.05, 4.69) is 10.3 Å². The molecule has 94 valence electrons. The fourth-order valence-electron chi connectivity index (χ4n) is 1.69. The number of nitrogens with one attached hydrogen (secondary N) is 1. The number of pyridine rings is 1. The predicted molar refractivity (Wildman–Crippen MR) is 73.9 cm³/mol. The van der Waals surface area contributed by atoms with Crippen molar-refractivity contribution in [2.75, 3.05) is 19.4 Å². The van der Waals surface area contributed by atoms with Gasteiger partial charge in [-0.05, 0) is 17.5 Å². The number of aromatic nitrogens is 1. The van der Waals surface area contributed by atoms with Crippen molar-refractivity contribution in [2.45, 2.75) is 6.54 Å². The number of hydrogen-bond donors (Lipinski definition) is 1. The largest absolute Gasteiger partial charge is 0.386 e. The van der Waals surface area contributed by atoms with Crippen LogP contribution in [-0.4, -0.2) is 29.9 Å². The lowest BCUT2D eigenvalue weighted by molar-refractivity contribution is 0.0787. The van der Waals surface area contributed by atoms with Crippen LogP contribution in [0.3, 0.4) is 0 Å². The van der Waals surface area contributed by atoms with E-state index < -0.39 is 0 Å². The third-order valence-corrected chi connectivity index (χ3v) is 3.50. The molecule has 0 aliphatic heterocycles. The first-order chi connectivity index (χ1) is 8.72. The topological polar surface area (TPSA) is 45.2 Å². The third-order valence-electron chi connectivity index (χ3n) is 2.64. The number of carbonyl (C=O) groups excluding carboxylic acids is 1. The Morgan fingerprint density at radius 3 is 3.00 bits per heavy atom. The van der Waals surface area contributed by atoms with Crippen molar-refractivity contribution in [3.63, 3.8) is 0 Å². The maximum Gasteiger partial charge on any atom is 0.256 e. The van der Waals surface area contributed by atoms with Gasteiger partial charge in [0.15, 0.2) is 0 Å². The molecule has 0 saturated heterocycles. The van der Waals surface area contributed by atoms with Crippen molar-refractivity contribution >= 4 is 22.9 Å². The first-order valence-corrected chi connectivity index (χ1v) is 6.50. The van der Waals surface area contributed by atoms with E-state index in [0.717, 1.165) is 5.69 Å². The zero-order valence-corrected chi connectivity index (χ0v) is 11.2. The monoisotopic (exact) mass is 261 g/mol. The average molecular weight is 261 g/mol. The van der Waals surface area contributed by atoms with E-state index in [1.54, 1.807) is 41.7 Å². The molecule has 0 aliphatic rings. The molecule has 2 aromatic heterocycles. The maximum absolute atomic E-state index is 12.3. The summed E-state index contributed by atoms with van der Waals surface area (Å²) in [5, 5.41) is 5.00. The lowest BCUT2D eigenvalue weighted by Crippen LogP contribution is -2.26. The Balaban J connectivity index is 2.15. The Kier molecular flexibility index (Phi) is 3.94. The summed E-state index contributed by atoms with van der Waals surface area (Å²) in [6.45, 7) is 0.627. The zero-order valence-electron chi connectivity index (χ0n) is 10.4. The summed E-state index contributed by atoms with van der Waals surface area (Å²) in [4.78, 5) is 19.2. The number of anilines is 1. The molecule has 0 aromatic carbocycles. The smallest absolute Gasteiger partial charge is 0.256 e. The molecule has 0 aliphatic carbocycles. The Morgan fingerprint density at radius 2 is 2.33 bits per heavy atom. The highest BCUT2D eigenvalue weighted by atomic mass is 32.1. The zero-order chi connectivity index (χ0) is 13.0. The van der Waals surface area contributed by atoms with Gasteiger partial charge in [0, 0.05) is 25.2 Å². The fourth-order valence-corrected chi connectivity index (χ4v) is 2.45. The predicted octanol–water partition coefficient (Wildman–Crippen LogP) is 2.46. The molecule has 5 heteroatoms. The molecule has 18 heavy (non-hydrogen) atoms. The Hall–Kier alpha value is -1.88. The molecule has 0 unspecified atom stereocenters. The molecule has 0 radical (unpaired) electrons. The van der Waals surface area contributed by atoms with Gasteiger partial charge in [-0.2, -0.15) is 0 Å². The van der Waals surface area contributed by atoms with Gasteiger partial charge in [0.05, 0.1) is 24.0 Å². The van der Waals surface area contributed by atoms with Gasteiger partial charge in [-0.15, -0.1) is 11.3 Å². The van der Waals surface area contributed by atoms with E-state index in [9.17, 15) is 4.79 Å². The minimum Gasteiger partial charge on any atom is -0.386 e. The Labute approximate surface area is 110 Å². The number of nitrogens with zero attached hydrogens (tertiary/aromatic N) is 2. The minimum atomic E-state index is -0.00449. The molecule has 4 nitrogen and oxygen atoms in total. The third kappa shape index (κ3) is 2.68. The van der Waals surface area contributed by atoms with E-state index in [4.69, 9.17) is 0 Å². The molecule has 0 saturated carbocycles. The van der Waals surface area contributed by atoms with Gasteiger partial charge in [0.25, 0.3) is 5.91 Å².